The lowest BCUT2D eigenvalue weighted by Crippen LogP contribution is -2.51. The van der Waals surface area contributed by atoms with Gasteiger partial charge in [0.05, 0.1) is 5.75 Å². The third kappa shape index (κ3) is 5.27. The number of unbranched alkanes of at least 4 members (excludes halogenated alkanes) is 1. The molecule has 0 unspecified atom stereocenters. The van der Waals surface area contributed by atoms with Gasteiger partial charge in [0.25, 0.3) is 5.91 Å². The van der Waals surface area contributed by atoms with Crippen LogP contribution in [0.5, 0.6) is 0 Å². The molecule has 2 rings (SSSR count). The molecular weight excluding hydrogens is 342 g/mol. The molecule has 0 bridgehead atoms. The zero-order chi connectivity index (χ0) is 18.4. The minimum atomic E-state index is -3.23. The van der Waals surface area contributed by atoms with Gasteiger partial charge in [-0.3, -0.25) is 9.59 Å². The first-order valence-corrected chi connectivity index (χ1v) is 10.1. The normalized spacial score (nSPS) is 15.8. The number of piperazine rings is 1. The second kappa shape index (κ2) is 8.44. The summed E-state index contributed by atoms with van der Waals surface area (Å²) >= 11 is 0. The molecule has 2 amide bonds. The largest absolute Gasteiger partial charge is 0.336 e. The Morgan fingerprint density at radius 2 is 1.84 bits per heavy atom. The average molecular weight is 367 g/mol. The van der Waals surface area contributed by atoms with Gasteiger partial charge >= 0.3 is 0 Å². The van der Waals surface area contributed by atoms with Gasteiger partial charge in [0.2, 0.25) is 15.9 Å². The average Bonchev–Trinajstić information content (AvgIpc) is 2.59. The summed E-state index contributed by atoms with van der Waals surface area (Å²) in [6, 6.07) is 6.76. The molecule has 1 N–H and O–H groups in total. The summed E-state index contributed by atoms with van der Waals surface area (Å²) in [6.07, 6.45) is 1.49. The van der Waals surface area contributed by atoms with Crippen molar-refractivity contribution in [3.8, 4) is 0 Å². The number of carbonyl (C=O) groups excluding carboxylic acids is 2. The lowest BCUT2D eigenvalue weighted by Gasteiger charge is -2.34. The molecule has 1 saturated heterocycles. The lowest BCUT2D eigenvalue weighted by atomic mass is 10.1. The van der Waals surface area contributed by atoms with Gasteiger partial charge in [-0.15, -0.1) is 0 Å². The van der Waals surface area contributed by atoms with Crippen molar-refractivity contribution < 1.29 is 18.0 Å². The van der Waals surface area contributed by atoms with E-state index in [1.807, 2.05) is 6.92 Å². The lowest BCUT2D eigenvalue weighted by molar-refractivity contribution is -0.114. The standard InChI is InChI=1S/C17H25N3O4S/c1-3-4-12-25(23,24)20-10-8-19(9-11-20)17(22)15-6-5-7-16(13-15)18-14(2)21/h5-7,13H,3-4,8-12H2,1-2H3,(H,18,21). The van der Waals surface area contributed by atoms with Crippen LogP contribution >= 0.6 is 0 Å². The summed E-state index contributed by atoms with van der Waals surface area (Å²) in [5.41, 5.74) is 1.05. The number of nitrogens with one attached hydrogen (secondary N) is 1. The summed E-state index contributed by atoms with van der Waals surface area (Å²) in [5.74, 6) is -0.191. The molecule has 1 aliphatic heterocycles. The first-order chi connectivity index (χ1) is 11.8. The Bertz CT molecular complexity index is 725. The zero-order valence-electron chi connectivity index (χ0n) is 14.7. The molecule has 1 heterocycles. The van der Waals surface area contributed by atoms with Crippen LogP contribution < -0.4 is 5.32 Å². The van der Waals surface area contributed by atoms with E-state index < -0.39 is 10.0 Å². The van der Waals surface area contributed by atoms with E-state index in [1.165, 1.54) is 11.2 Å². The van der Waals surface area contributed by atoms with E-state index in [4.69, 9.17) is 0 Å². The van der Waals surface area contributed by atoms with Gasteiger partial charge in [0, 0.05) is 44.4 Å². The fraction of sp³-hybridized carbons (Fsp3) is 0.529. The quantitative estimate of drug-likeness (QED) is 0.826. The maximum absolute atomic E-state index is 12.6. The Morgan fingerprint density at radius 3 is 2.44 bits per heavy atom. The predicted octanol–water partition coefficient (Wildman–Crippen LogP) is 1.53. The van der Waals surface area contributed by atoms with Crippen molar-refractivity contribution in [1.29, 1.82) is 0 Å². The summed E-state index contributed by atoms with van der Waals surface area (Å²) < 4.78 is 25.9. The Hall–Kier alpha value is -1.93. The molecule has 0 atom stereocenters. The van der Waals surface area contributed by atoms with Gasteiger partial charge in [-0.25, -0.2) is 8.42 Å². The molecule has 138 valence electrons. The van der Waals surface area contributed by atoms with Gasteiger partial charge in [-0.2, -0.15) is 4.31 Å². The Morgan fingerprint density at radius 1 is 1.16 bits per heavy atom. The van der Waals surface area contributed by atoms with Crippen LogP contribution in [0.15, 0.2) is 24.3 Å². The van der Waals surface area contributed by atoms with E-state index in [0.29, 0.717) is 43.9 Å². The number of rotatable bonds is 6. The van der Waals surface area contributed by atoms with Gasteiger partial charge in [-0.05, 0) is 24.6 Å². The van der Waals surface area contributed by atoms with Crippen molar-refractivity contribution in [3.63, 3.8) is 0 Å². The summed E-state index contributed by atoms with van der Waals surface area (Å²) in [4.78, 5) is 25.4. The Labute approximate surface area is 149 Å². The van der Waals surface area contributed by atoms with Crippen LogP contribution in [0.1, 0.15) is 37.0 Å². The van der Waals surface area contributed by atoms with Crippen LogP contribution in [-0.4, -0.2) is 61.4 Å². The van der Waals surface area contributed by atoms with Gasteiger partial charge < -0.3 is 10.2 Å². The number of carbonyl (C=O) groups is 2. The molecule has 7 nitrogen and oxygen atoms in total. The molecule has 0 saturated carbocycles. The molecule has 0 spiro atoms. The first-order valence-electron chi connectivity index (χ1n) is 8.48. The minimum Gasteiger partial charge on any atom is -0.336 e. The van der Waals surface area contributed by atoms with E-state index in [1.54, 1.807) is 29.2 Å². The molecule has 0 radical (unpaired) electrons. The highest BCUT2D eigenvalue weighted by atomic mass is 32.2. The van der Waals surface area contributed by atoms with Gasteiger partial charge in [0.1, 0.15) is 0 Å². The number of anilines is 1. The van der Waals surface area contributed by atoms with Crippen molar-refractivity contribution in [3.05, 3.63) is 29.8 Å². The highest BCUT2D eigenvalue weighted by Crippen LogP contribution is 2.16. The smallest absolute Gasteiger partial charge is 0.254 e. The third-order valence-electron chi connectivity index (χ3n) is 4.10. The monoisotopic (exact) mass is 367 g/mol. The molecule has 0 aromatic heterocycles. The molecule has 1 fully saturated rings. The molecule has 8 heteroatoms. The van der Waals surface area contributed by atoms with Crippen LogP contribution in [-0.2, 0) is 14.8 Å². The van der Waals surface area contributed by atoms with Crippen LogP contribution in [0, 0.1) is 0 Å². The molecule has 1 aromatic carbocycles. The second-order valence-corrected chi connectivity index (χ2v) is 8.21. The van der Waals surface area contributed by atoms with Crippen molar-refractivity contribution in [1.82, 2.24) is 9.21 Å². The number of nitrogens with zero attached hydrogens (tertiary/aromatic N) is 2. The van der Waals surface area contributed by atoms with Crippen LogP contribution in [0.3, 0.4) is 0 Å². The van der Waals surface area contributed by atoms with Crippen LogP contribution in [0.2, 0.25) is 0 Å². The molecular formula is C17H25N3O4S. The van der Waals surface area contributed by atoms with Crippen molar-refractivity contribution in [2.75, 3.05) is 37.2 Å². The minimum absolute atomic E-state index is 0.155. The number of benzene rings is 1. The van der Waals surface area contributed by atoms with E-state index in [0.717, 1.165) is 6.42 Å². The highest BCUT2D eigenvalue weighted by Gasteiger charge is 2.28. The number of sulfonamides is 1. The van der Waals surface area contributed by atoms with E-state index in [2.05, 4.69) is 5.32 Å². The zero-order valence-corrected chi connectivity index (χ0v) is 15.5. The molecule has 1 aliphatic rings. The number of hydrogen-bond acceptors (Lipinski definition) is 4. The highest BCUT2D eigenvalue weighted by molar-refractivity contribution is 7.89. The number of hydrogen-bond donors (Lipinski definition) is 1. The van der Waals surface area contributed by atoms with Gasteiger partial charge in [0.15, 0.2) is 0 Å². The van der Waals surface area contributed by atoms with E-state index >= 15 is 0 Å². The van der Waals surface area contributed by atoms with Gasteiger partial charge in [-0.1, -0.05) is 19.4 Å². The molecule has 1 aromatic rings. The predicted molar refractivity (Wildman–Crippen MR) is 96.9 cm³/mol. The summed E-state index contributed by atoms with van der Waals surface area (Å²) in [7, 11) is -3.23. The van der Waals surface area contributed by atoms with Crippen molar-refractivity contribution in [2.45, 2.75) is 26.7 Å². The topological polar surface area (TPSA) is 86.8 Å². The second-order valence-electron chi connectivity index (χ2n) is 6.12. The Balaban J connectivity index is 1.98. The summed E-state index contributed by atoms with van der Waals surface area (Å²) in [5, 5.41) is 2.65. The van der Waals surface area contributed by atoms with E-state index in [9.17, 15) is 18.0 Å². The van der Waals surface area contributed by atoms with Crippen molar-refractivity contribution >= 4 is 27.5 Å². The Kier molecular flexibility index (Phi) is 6.55. The van der Waals surface area contributed by atoms with E-state index in [-0.39, 0.29) is 17.6 Å². The maximum Gasteiger partial charge on any atom is 0.254 e. The fourth-order valence-electron chi connectivity index (χ4n) is 2.74. The molecule has 0 aliphatic carbocycles. The molecule has 25 heavy (non-hydrogen) atoms. The SMILES string of the molecule is CCCCS(=O)(=O)N1CCN(C(=O)c2cccc(NC(C)=O)c2)CC1. The first kappa shape index (κ1) is 19.4. The van der Waals surface area contributed by atoms with Crippen LogP contribution in [0.25, 0.3) is 0 Å². The van der Waals surface area contributed by atoms with Crippen LogP contribution in [0.4, 0.5) is 5.69 Å². The number of amides is 2. The van der Waals surface area contributed by atoms with Crippen molar-refractivity contribution in [2.24, 2.45) is 0 Å². The maximum atomic E-state index is 12.6. The third-order valence-corrected chi connectivity index (χ3v) is 6.06. The fourth-order valence-corrected chi connectivity index (χ4v) is 4.37. The summed E-state index contributed by atoms with van der Waals surface area (Å²) in [6.45, 7) is 4.75.